The lowest BCUT2D eigenvalue weighted by Gasteiger charge is -2.09. The molecule has 86 valence electrons. The Bertz CT molecular complexity index is 337. The molecular formula is C14H18BrN. The van der Waals surface area contributed by atoms with Crippen molar-refractivity contribution in [3.05, 3.63) is 34.3 Å². The highest BCUT2D eigenvalue weighted by Gasteiger charge is 2.09. The Labute approximate surface area is 107 Å². The van der Waals surface area contributed by atoms with Gasteiger partial charge in [-0.1, -0.05) is 60.7 Å². The maximum Gasteiger partial charge on any atom is 0.0712 e. The van der Waals surface area contributed by atoms with Gasteiger partial charge in [0.05, 0.1) is 12.0 Å². The summed E-state index contributed by atoms with van der Waals surface area (Å²) in [6.07, 6.45) is 5.90. The Hall–Kier alpha value is -0.810. The highest BCUT2D eigenvalue weighted by Crippen LogP contribution is 2.23. The van der Waals surface area contributed by atoms with Crippen molar-refractivity contribution in [2.24, 2.45) is 0 Å². The van der Waals surface area contributed by atoms with Crippen molar-refractivity contribution >= 4 is 15.9 Å². The summed E-state index contributed by atoms with van der Waals surface area (Å²) in [5, 5.41) is 9.14. The summed E-state index contributed by atoms with van der Waals surface area (Å²) in [6.45, 7) is 2.20. The van der Waals surface area contributed by atoms with Crippen molar-refractivity contribution in [2.75, 3.05) is 0 Å². The van der Waals surface area contributed by atoms with Gasteiger partial charge in [0.15, 0.2) is 0 Å². The number of nitriles is 1. The van der Waals surface area contributed by atoms with Gasteiger partial charge in [-0.05, 0) is 24.1 Å². The van der Waals surface area contributed by atoms with Crippen LogP contribution >= 0.6 is 15.9 Å². The van der Waals surface area contributed by atoms with Gasteiger partial charge in [0.25, 0.3) is 0 Å². The Morgan fingerprint density at radius 3 is 2.44 bits per heavy atom. The monoisotopic (exact) mass is 279 g/mol. The average Bonchev–Trinajstić information content (AvgIpc) is 2.31. The van der Waals surface area contributed by atoms with Crippen LogP contribution in [-0.4, -0.2) is 0 Å². The van der Waals surface area contributed by atoms with Gasteiger partial charge >= 0.3 is 0 Å². The van der Waals surface area contributed by atoms with E-state index in [0.29, 0.717) is 0 Å². The number of hydrogen-bond acceptors (Lipinski definition) is 1. The smallest absolute Gasteiger partial charge is 0.0712 e. The SMILES string of the molecule is CCCCCC[C@H](C#N)c1ccc(Br)cc1. The number of rotatable bonds is 6. The van der Waals surface area contributed by atoms with Crippen LogP contribution in [0.2, 0.25) is 0 Å². The van der Waals surface area contributed by atoms with E-state index < -0.39 is 0 Å². The molecular weight excluding hydrogens is 262 g/mol. The molecule has 0 bridgehead atoms. The fourth-order valence-corrected chi connectivity index (χ4v) is 2.04. The van der Waals surface area contributed by atoms with E-state index in [4.69, 9.17) is 5.26 Å². The van der Waals surface area contributed by atoms with Crippen LogP contribution in [-0.2, 0) is 0 Å². The number of unbranched alkanes of at least 4 members (excludes halogenated alkanes) is 3. The Morgan fingerprint density at radius 2 is 1.88 bits per heavy atom. The van der Waals surface area contributed by atoms with Crippen LogP contribution in [0.25, 0.3) is 0 Å². The van der Waals surface area contributed by atoms with Crippen LogP contribution in [0.5, 0.6) is 0 Å². The lowest BCUT2D eigenvalue weighted by atomic mass is 9.94. The second kappa shape index (κ2) is 7.46. The van der Waals surface area contributed by atoms with Gasteiger partial charge in [-0.2, -0.15) is 5.26 Å². The molecule has 16 heavy (non-hydrogen) atoms. The predicted octanol–water partition coefficient (Wildman–Crippen LogP) is 5.03. The number of benzene rings is 1. The molecule has 0 saturated carbocycles. The van der Waals surface area contributed by atoms with Gasteiger partial charge in [0.1, 0.15) is 0 Å². The summed E-state index contributed by atoms with van der Waals surface area (Å²) in [5.74, 6) is 0.0601. The van der Waals surface area contributed by atoms with Crippen molar-refractivity contribution in [1.82, 2.24) is 0 Å². The Morgan fingerprint density at radius 1 is 1.19 bits per heavy atom. The molecule has 1 atom stereocenters. The first-order chi connectivity index (χ1) is 7.77. The van der Waals surface area contributed by atoms with Gasteiger partial charge in [-0.15, -0.1) is 0 Å². The molecule has 0 aromatic heterocycles. The van der Waals surface area contributed by atoms with Crippen LogP contribution in [0.1, 0.15) is 50.5 Å². The molecule has 1 rings (SSSR count). The van der Waals surface area contributed by atoms with Crippen LogP contribution in [0.4, 0.5) is 0 Å². The maximum absolute atomic E-state index is 9.14. The van der Waals surface area contributed by atoms with E-state index in [1.165, 1.54) is 19.3 Å². The van der Waals surface area contributed by atoms with Gasteiger partial charge in [0.2, 0.25) is 0 Å². The molecule has 0 saturated heterocycles. The minimum Gasteiger partial charge on any atom is -0.198 e. The molecule has 0 aliphatic heterocycles. The van der Waals surface area contributed by atoms with Crippen LogP contribution < -0.4 is 0 Å². The van der Waals surface area contributed by atoms with Crippen LogP contribution in [0.3, 0.4) is 0 Å². The minimum absolute atomic E-state index is 0.0601. The highest BCUT2D eigenvalue weighted by atomic mass is 79.9. The zero-order valence-corrected chi connectivity index (χ0v) is 11.3. The molecule has 2 heteroatoms. The van der Waals surface area contributed by atoms with Gasteiger partial charge < -0.3 is 0 Å². The zero-order valence-electron chi connectivity index (χ0n) is 9.75. The van der Waals surface area contributed by atoms with Gasteiger partial charge in [-0.25, -0.2) is 0 Å². The van der Waals surface area contributed by atoms with E-state index in [9.17, 15) is 0 Å². The third kappa shape index (κ3) is 4.37. The minimum atomic E-state index is 0.0601. The summed E-state index contributed by atoms with van der Waals surface area (Å²) in [7, 11) is 0. The molecule has 0 amide bonds. The van der Waals surface area contributed by atoms with Gasteiger partial charge in [0, 0.05) is 4.47 Å². The summed E-state index contributed by atoms with van der Waals surface area (Å²) < 4.78 is 1.07. The first kappa shape index (κ1) is 13.3. The second-order valence-corrected chi connectivity index (χ2v) is 5.00. The summed E-state index contributed by atoms with van der Waals surface area (Å²) in [5.41, 5.74) is 1.14. The molecule has 0 heterocycles. The lowest BCUT2D eigenvalue weighted by Crippen LogP contribution is -1.95. The molecule has 0 fully saturated rings. The summed E-state index contributed by atoms with van der Waals surface area (Å²) in [4.78, 5) is 0. The molecule has 0 aliphatic rings. The average molecular weight is 280 g/mol. The van der Waals surface area contributed by atoms with E-state index >= 15 is 0 Å². The number of nitrogens with zero attached hydrogens (tertiary/aromatic N) is 1. The topological polar surface area (TPSA) is 23.8 Å². The molecule has 1 aromatic rings. The zero-order chi connectivity index (χ0) is 11.8. The third-order valence-electron chi connectivity index (χ3n) is 2.77. The normalized spacial score (nSPS) is 12.1. The van der Waals surface area contributed by atoms with Crippen LogP contribution in [0, 0.1) is 11.3 Å². The number of halogens is 1. The lowest BCUT2D eigenvalue weighted by molar-refractivity contribution is 0.608. The van der Waals surface area contributed by atoms with E-state index in [0.717, 1.165) is 22.9 Å². The summed E-state index contributed by atoms with van der Waals surface area (Å²) >= 11 is 3.41. The van der Waals surface area contributed by atoms with Crippen LogP contribution in [0.15, 0.2) is 28.7 Å². The van der Waals surface area contributed by atoms with E-state index in [1.807, 2.05) is 24.3 Å². The first-order valence-electron chi connectivity index (χ1n) is 5.93. The van der Waals surface area contributed by atoms with Crippen molar-refractivity contribution in [3.8, 4) is 6.07 Å². The molecule has 1 nitrogen and oxygen atoms in total. The molecule has 0 radical (unpaired) electrons. The second-order valence-electron chi connectivity index (χ2n) is 4.08. The highest BCUT2D eigenvalue weighted by molar-refractivity contribution is 9.10. The maximum atomic E-state index is 9.14. The molecule has 0 aliphatic carbocycles. The fourth-order valence-electron chi connectivity index (χ4n) is 1.78. The quantitative estimate of drug-likeness (QED) is 0.671. The molecule has 0 unspecified atom stereocenters. The Balaban J connectivity index is 2.48. The molecule has 1 aromatic carbocycles. The van der Waals surface area contributed by atoms with Crippen molar-refractivity contribution in [3.63, 3.8) is 0 Å². The predicted molar refractivity (Wildman–Crippen MR) is 71.3 cm³/mol. The summed E-state index contributed by atoms with van der Waals surface area (Å²) in [6, 6.07) is 10.5. The number of hydrogen-bond donors (Lipinski definition) is 0. The largest absolute Gasteiger partial charge is 0.198 e. The van der Waals surface area contributed by atoms with Crippen molar-refractivity contribution < 1.29 is 0 Å². The molecule has 0 N–H and O–H groups in total. The van der Waals surface area contributed by atoms with E-state index in [-0.39, 0.29) is 5.92 Å². The van der Waals surface area contributed by atoms with Crippen molar-refractivity contribution in [2.45, 2.75) is 44.9 Å². The van der Waals surface area contributed by atoms with E-state index in [1.54, 1.807) is 0 Å². The fraction of sp³-hybridized carbons (Fsp3) is 0.500. The van der Waals surface area contributed by atoms with Gasteiger partial charge in [-0.3, -0.25) is 0 Å². The standard InChI is InChI=1S/C14H18BrN/c1-2-3-4-5-6-13(11-16)12-7-9-14(15)10-8-12/h7-10,13H,2-6H2,1H3/t13-/m1/s1. The Kier molecular flexibility index (Phi) is 6.18. The van der Waals surface area contributed by atoms with E-state index in [2.05, 4.69) is 28.9 Å². The third-order valence-corrected chi connectivity index (χ3v) is 3.30. The first-order valence-corrected chi connectivity index (χ1v) is 6.72. The molecule has 0 spiro atoms. The van der Waals surface area contributed by atoms with Crippen molar-refractivity contribution in [1.29, 1.82) is 5.26 Å².